The van der Waals surface area contributed by atoms with Crippen LogP contribution in [0, 0.1) is 0 Å². The minimum atomic E-state index is -0.247. The second kappa shape index (κ2) is 6.20. The number of phenols is 1. The molecule has 96 valence electrons. The Hall–Kier alpha value is -2.82. The minimum Gasteiger partial charge on any atom is -0.506 e. The molecule has 0 bridgehead atoms. The molecular weight excluding hydrogens is 242 g/mol. The highest BCUT2D eigenvalue weighted by molar-refractivity contribution is 6.00. The number of nitrogens with one attached hydrogen (secondary N) is 2. The molecule has 0 saturated carbocycles. The van der Waals surface area contributed by atoms with Gasteiger partial charge in [-0.3, -0.25) is 10.2 Å². The highest BCUT2D eigenvalue weighted by Gasteiger charge is 2.01. The summed E-state index contributed by atoms with van der Waals surface area (Å²) < 4.78 is 0. The zero-order valence-electron chi connectivity index (χ0n) is 10.1. The van der Waals surface area contributed by atoms with E-state index in [2.05, 4.69) is 15.8 Å². The van der Waals surface area contributed by atoms with Crippen LogP contribution in [0.1, 0.15) is 10.4 Å². The molecule has 0 aliphatic carbocycles. The summed E-state index contributed by atoms with van der Waals surface area (Å²) in [5.41, 5.74) is 3.64. The quantitative estimate of drug-likeness (QED) is 0.339. The zero-order chi connectivity index (χ0) is 13.5. The van der Waals surface area contributed by atoms with E-state index in [1.54, 1.807) is 48.5 Å². The average Bonchev–Trinajstić information content (AvgIpc) is 2.46. The van der Waals surface area contributed by atoms with Crippen molar-refractivity contribution in [3.8, 4) is 5.75 Å². The Bertz CT molecular complexity index is 582. The molecule has 0 aliphatic heterocycles. The second-order valence-electron chi connectivity index (χ2n) is 3.73. The van der Waals surface area contributed by atoms with E-state index in [1.807, 2.05) is 6.07 Å². The van der Waals surface area contributed by atoms with Crippen LogP contribution in [0.25, 0.3) is 0 Å². The number of amides is 1. The molecular formula is C14H13N3O2. The number of anilines is 1. The normalized spacial score (nSPS) is 10.3. The standard InChI is InChI=1S/C14H13N3O2/c18-13-9-5-4-8-12(13)17-16-10-15-14(19)11-6-2-1-3-7-11/h1-10,17-18H,(H,15,16,19). The van der Waals surface area contributed by atoms with Crippen molar-refractivity contribution < 1.29 is 9.90 Å². The highest BCUT2D eigenvalue weighted by atomic mass is 16.3. The van der Waals surface area contributed by atoms with Crippen molar-refractivity contribution in [2.24, 2.45) is 5.10 Å². The number of hydrogen-bond acceptors (Lipinski definition) is 4. The van der Waals surface area contributed by atoms with Crippen LogP contribution in [0.4, 0.5) is 5.69 Å². The van der Waals surface area contributed by atoms with Gasteiger partial charge in [-0.1, -0.05) is 30.3 Å². The molecule has 0 fully saturated rings. The molecule has 1 amide bonds. The summed E-state index contributed by atoms with van der Waals surface area (Å²) in [5, 5.41) is 15.8. The van der Waals surface area contributed by atoms with Crippen LogP contribution < -0.4 is 10.7 Å². The average molecular weight is 255 g/mol. The van der Waals surface area contributed by atoms with Crippen molar-refractivity contribution in [3.05, 3.63) is 60.2 Å². The molecule has 5 nitrogen and oxygen atoms in total. The molecule has 19 heavy (non-hydrogen) atoms. The van der Waals surface area contributed by atoms with Gasteiger partial charge in [-0.25, -0.2) is 0 Å². The summed E-state index contributed by atoms with van der Waals surface area (Å²) in [4.78, 5) is 11.6. The third-order valence-electron chi connectivity index (χ3n) is 2.39. The lowest BCUT2D eigenvalue weighted by molar-refractivity contribution is 0.0978. The van der Waals surface area contributed by atoms with Crippen LogP contribution >= 0.6 is 0 Å². The summed E-state index contributed by atoms with van der Waals surface area (Å²) in [7, 11) is 0. The SMILES string of the molecule is O=C(N/C=N/Nc1ccccc1O)c1ccccc1. The fourth-order valence-corrected chi connectivity index (χ4v) is 1.43. The number of aromatic hydroxyl groups is 1. The molecule has 2 rings (SSSR count). The number of hydrogen-bond donors (Lipinski definition) is 3. The largest absolute Gasteiger partial charge is 0.506 e. The Morgan fingerprint density at radius 3 is 2.47 bits per heavy atom. The maximum Gasteiger partial charge on any atom is 0.256 e. The van der Waals surface area contributed by atoms with E-state index in [4.69, 9.17) is 0 Å². The van der Waals surface area contributed by atoms with Crippen molar-refractivity contribution in [3.63, 3.8) is 0 Å². The molecule has 0 heterocycles. The van der Waals surface area contributed by atoms with Gasteiger partial charge in [-0.05, 0) is 24.3 Å². The number of carbonyl (C=O) groups excluding carboxylic acids is 1. The molecule has 0 aromatic heterocycles. The number of benzene rings is 2. The summed E-state index contributed by atoms with van der Waals surface area (Å²) in [6.45, 7) is 0. The number of hydrazone groups is 1. The number of para-hydroxylation sites is 2. The highest BCUT2D eigenvalue weighted by Crippen LogP contribution is 2.20. The molecule has 0 spiro atoms. The van der Waals surface area contributed by atoms with Gasteiger partial charge >= 0.3 is 0 Å². The molecule has 0 radical (unpaired) electrons. The Morgan fingerprint density at radius 1 is 1.05 bits per heavy atom. The third-order valence-corrected chi connectivity index (χ3v) is 2.39. The predicted octanol–water partition coefficient (Wildman–Crippen LogP) is 2.18. The summed E-state index contributed by atoms with van der Waals surface area (Å²) in [5.74, 6) is -0.155. The lowest BCUT2D eigenvalue weighted by atomic mass is 10.2. The maximum atomic E-state index is 11.6. The van der Waals surface area contributed by atoms with E-state index in [1.165, 1.54) is 6.34 Å². The number of rotatable bonds is 4. The van der Waals surface area contributed by atoms with E-state index in [0.717, 1.165) is 0 Å². The summed E-state index contributed by atoms with van der Waals surface area (Å²) in [6.07, 6.45) is 1.24. The van der Waals surface area contributed by atoms with E-state index in [0.29, 0.717) is 11.3 Å². The van der Waals surface area contributed by atoms with Crippen molar-refractivity contribution in [2.45, 2.75) is 0 Å². The van der Waals surface area contributed by atoms with Crippen molar-refractivity contribution in [1.82, 2.24) is 5.32 Å². The first kappa shape index (κ1) is 12.6. The van der Waals surface area contributed by atoms with Gasteiger partial charge in [0.2, 0.25) is 0 Å². The van der Waals surface area contributed by atoms with Crippen LogP contribution in [0.15, 0.2) is 59.7 Å². The summed E-state index contributed by atoms with van der Waals surface area (Å²) >= 11 is 0. The van der Waals surface area contributed by atoms with E-state index < -0.39 is 0 Å². The molecule has 2 aromatic carbocycles. The van der Waals surface area contributed by atoms with Crippen molar-refractivity contribution >= 4 is 17.9 Å². The second-order valence-corrected chi connectivity index (χ2v) is 3.73. The first-order valence-electron chi connectivity index (χ1n) is 5.69. The van der Waals surface area contributed by atoms with Crippen LogP contribution in [0.2, 0.25) is 0 Å². The molecule has 0 aliphatic rings. The Balaban J connectivity index is 1.88. The van der Waals surface area contributed by atoms with E-state index in [-0.39, 0.29) is 11.7 Å². The molecule has 0 saturated heterocycles. The Morgan fingerprint density at radius 2 is 1.74 bits per heavy atom. The lowest BCUT2D eigenvalue weighted by Gasteiger charge is -2.02. The topological polar surface area (TPSA) is 73.7 Å². The Kier molecular flexibility index (Phi) is 4.12. The molecule has 3 N–H and O–H groups in total. The number of phenolic OH excluding ortho intramolecular Hbond substituents is 1. The third kappa shape index (κ3) is 3.57. The van der Waals surface area contributed by atoms with Gasteiger partial charge in [-0.2, -0.15) is 5.10 Å². The van der Waals surface area contributed by atoms with Gasteiger partial charge in [-0.15, -0.1) is 0 Å². The van der Waals surface area contributed by atoms with Gasteiger partial charge in [0.05, 0.1) is 5.69 Å². The first-order valence-corrected chi connectivity index (χ1v) is 5.69. The van der Waals surface area contributed by atoms with Crippen molar-refractivity contribution in [2.75, 3.05) is 5.43 Å². The molecule has 0 unspecified atom stereocenters. The Labute approximate surface area is 110 Å². The number of carbonyl (C=O) groups is 1. The lowest BCUT2D eigenvalue weighted by Crippen LogP contribution is -2.21. The van der Waals surface area contributed by atoms with Gasteiger partial charge in [0.15, 0.2) is 0 Å². The summed E-state index contributed by atoms with van der Waals surface area (Å²) in [6, 6.07) is 15.5. The van der Waals surface area contributed by atoms with E-state index in [9.17, 15) is 9.90 Å². The molecule has 0 atom stereocenters. The zero-order valence-corrected chi connectivity index (χ0v) is 10.1. The monoisotopic (exact) mass is 255 g/mol. The van der Waals surface area contributed by atoms with Crippen LogP contribution in [-0.2, 0) is 0 Å². The van der Waals surface area contributed by atoms with Crippen LogP contribution in [0.3, 0.4) is 0 Å². The minimum absolute atomic E-state index is 0.0917. The first-order chi connectivity index (χ1) is 9.27. The van der Waals surface area contributed by atoms with E-state index >= 15 is 0 Å². The fourth-order valence-electron chi connectivity index (χ4n) is 1.43. The van der Waals surface area contributed by atoms with Crippen LogP contribution in [-0.4, -0.2) is 17.4 Å². The van der Waals surface area contributed by atoms with Crippen LogP contribution in [0.5, 0.6) is 5.75 Å². The molecule has 2 aromatic rings. The maximum absolute atomic E-state index is 11.6. The van der Waals surface area contributed by atoms with Gasteiger partial charge in [0, 0.05) is 5.56 Å². The molecule has 5 heteroatoms. The van der Waals surface area contributed by atoms with Crippen molar-refractivity contribution in [1.29, 1.82) is 0 Å². The van der Waals surface area contributed by atoms with Gasteiger partial charge in [0.25, 0.3) is 5.91 Å². The predicted molar refractivity (Wildman–Crippen MR) is 74.1 cm³/mol. The smallest absolute Gasteiger partial charge is 0.256 e. The van der Waals surface area contributed by atoms with Gasteiger partial charge < -0.3 is 10.4 Å². The fraction of sp³-hybridized carbons (Fsp3) is 0. The number of nitrogens with zero attached hydrogens (tertiary/aromatic N) is 1. The van der Waals surface area contributed by atoms with Gasteiger partial charge in [0.1, 0.15) is 12.1 Å².